The van der Waals surface area contributed by atoms with Crippen LogP contribution in [0.3, 0.4) is 0 Å². The van der Waals surface area contributed by atoms with Gasteiger partial charge in [-0.1, -0.05) is 0 Å². The second-order valence-electron chi connectivity index (χ2n) is 3.86. The topological polar surface area (TPSA) is 56.3 Å². The van der Waals surface area contributed by atoms with Crippen molar-refractivity contribution in [3.63, 3.8) is 0 Å². The molecule has 0 saturated carbocycles. The minimum atomic E-state index is 0.659. The predicted octanol–water partition coefficient (Wildman–Crippen LogP) is 2.40. The Hall–Kier alpha value is -0.720. The van der Waals surface area contributed by atoms with E-state index in [2.05, 4.69) is 31.2 Å². The van der Waals surface area contributed by atoms with Crippen LogP contribution in [0.25, 0.3) is 0 Å². The highest BCUT2D eigenvalue weighted by atomic mass is 79.9. The van der Waals surface area contributed by atoms with Crippen molar-refractivity contribution in [3.05, 3.63) is 16.5 Å². The molecule has 0 unspecified atom stereocenters. The lowest BCUT2D eigenvalue weighted by atomic mass is 10.3. The second-order valence-corrected chi connectivity index (χ2v) is 4.67. The SMILES string of the molecule is COCCOCCCCNc1cc(Br)nc(C)n1. The molecule has 0 aliphatic rings. The van der Waals surface area contributed by atoms with Gasteiger partial charge in [0.1, 0.15) is 16.2 Å². The number of methoxy groups -OCH3 is 1. The fourth-order valence-corrected chi connectivity index (χ4v) is 1.89. The summed E-state index contributed by atoms with van der Waals surface area (Å²) in [5.41, 5.74) is 0. The molecule has 0 atom stereocenters. The van der Waals surface area contributed by atoms with Crippen LogP contribution in [0.5, 0.6) is 0 Å². The highest BCUT2D eigenvalue weighted by Gasteiger charge is 1.98. The molecule has 6 heteroatoms. The van der Waals surface area contributed by atoms with E-state index < -0.39 is 0 Å². The van der Waals surface area contributed by atoms with Gasteiger partial charge in [0.15, 0.2) is 0 Å². The van der Waals surface area contributed by atoms with Crippen LogP contribution in [0.4, 0.5) is 5.82 Å². The first-order valence-corrected chi connectivity index (χ1v) is 6.83. The van der Waals surface area contributed by atoms with E-state index >= 15 is 0 Å². The van der Waals surface area contributed by atoms with Gasteiger partial charge in [-0.25, -0.2) is 9.97 Å². The molecule has 1 rings (SSSR count). The summed E-state index contributed by atoms with van der Waals surface area (Å²) in [7, 11) is 1.68. The normalized spacial score (nSPS) is 10.6. The number of ether oxygens (including phenoxy) is 2. The van der Waals surface area contributed by atoms with Gasteiger partial charge in [0.05, 0.1) is 13.2 Å². The molecule has 0 spiro atoms. The molecule has 1 aromatic heterocycles. The Morgan fingerprint density at radius 1 is 1.22 bits per heavy atom. The zero-order valence-electron chi connectivity index (χ0n) is 10.9. The number of nitrogens with one attached hydrogen (secondary N) is 1. The van der Waals surface area contributed by atoms with Crippen LogP contribution in [-0.2, 0) is 9.47 Å². The molecule has 0 saturated heterocycles. The third-order valence-electron chi connectivity index (χ3n) is 2.26. The van der Waals surface area contributed by atoms with E-state index in [-0.39, 0.29) is 0 Å². The van der Waals surface area contributed by atoms with Gasteiger partial charge in [-0.2, -0.15) is 0 Å². The summed E-state index contributed by atoms with van der Waals surface area (Å²) in [6, 6.07) is 1.88. The first kappa shape index (κ1) is 15.3. The van der Waals surface area contributed by atoms with Crippen LogP contribution in [0.2, 0.25) is 0 Å². The Balaban J connectivity index is 2.07. The molecule has 0 amide bonds. The molecule has 0 fully saturated rings. The quantitative estimate of drug-likeness (QED) is 0.560. The van der Waals surface area contributed by atoms with Gasteiger partial charge in [0, 0.05) is 26.3 Å². The van der Waals surface area contributed by atoms with Gasteiger partial charge in [-0.05, 0) is 35.7 Å². The maximum atomic E-state index is 5.38. The Labute approximate surface area is 116 Å². The number of hydrogen-bond donors (Lipinski definition) is 1. The van der Waals surface area contributed by atoms with E-state index in [1.165, 1.54) is 0 Å². The van der Waals surface area contributed by atoms with Crippen molar-refractivity contribution >= 4 is 21.7 Å². The van der Waals surface area contributed by atoms with Gasteiger partial charge in [-0.3, -0.25) is 0 Å². The monoisotopic (exact) mass is 317 g/mol. The third kappa shape index (κ3) is 6.88. The molecule has 5 nitrogen and oxygen atoms in total. The van der Waals surface area contributed by atoms with Crippen molar-refractivity contribution in [2.45, 2.75) is 19.8 Å². The minimum absolute atomic E-state index is 0.659. The number of hydrogen-bond acceptors (Lipinski definition) is 5. The van der Waals surface area contributed by atoms with Crippen molar-refractivity contribution in [3.8, 4) is 0 Å². The number of rotatable bonds is 9. The Morgan fingerprint density at radius 3 is 2.78 bits per heavy atom. The third-order valence-corrected chi connectivity index (χ3v) is 2.67. The second kappa shape index (κ2) is 9.24. The highest BCUT2D eigenvalue weighted by molar-refractivity contribution is 9.10. The van der Waals surface area contributed by atoms with Crippen molar-refractivity contribution in [1.82, 2.24) is 9.97 Å². The number of nitrogens with zero attached hydrogens (tertiary/aromatic N) is 2. The number of unbranched alkanes of at least 4 members (excludes halogenated alkanes) is 1. The van der Waals surface area contributed by atoms with E-state index in [1.807, 2.05) is 13.0 Å². The van der Waals surface area contributed by atoms with Gasteiger partial charge in [0.2, 0.25) is 0 Å². The number of halogens is 1. The van der Waals surface area contributed by atoms with Gasteiger partial charge in [-0.15, -0.1) is 0 Å². The Kier molecular flexibility index (Phi) is 7.88. The van der Waals surface area contributed by atoms with Crippen LogP contribution < -0.4 is 5.32 Å². The number of anilines is 1. The van der Waals surface area contributed by atoms with Gasteiger partial charge < -0.3 is 14.8 Å². The standard InChI is InChI=1S/C12H20BrN3O2/c1-10-15-11(13)9-12(16-10)14-5-3-4-6-18-8-7-17-2/h9H,3-8H2,1-2H3,(H,14,15,16). The molecule has 1 heterocycles. The first-order chi connectivity index (χ1) is 8.72. The molecule has 0 aliphatic carbocycles. The average Bonchev–Trinajstić information content (AvgIpc) is 2.31. The van der Waals surface area contributed by atoms with E-state index in [0.29, 0.717) is 13.2 Å². The molecule has 1 N–H and O–H groups in total. The van der Waals surface area contributed by atoms with E-state index in [1.54, 1.807) is 7.11 Å². The number of aryl methyl sites for hydroxylation is 1. The summed E-state index contributed by atoms with van der Waals surface area (Å²) in [6.07, 6.45) is 2.08. The molecule has 0 radical (unpaired) electrons. The minimum Gasteiger partial charge on any atom is -0.382 e. The number of aromatic nitrogens is 2. The average molecular weight is 318 g/mol. The van der Waals surface area contributed by atoms with Gasteiger partial charge >= 0.3 is 0 Å². The Morgan fingerprint density at radius 2 is 2.06 bits per heavy atom. The molecular formula is C12H20BrN3O2. The smallest absolute Gasteiger partial charge is 0.130 e. The summed E-state index contributed by atoms with van der Waals surface area (Å²) in [5, 5.41) is 3.27. The zero-order chi connectivity index (χ0) is 13.2. The van der Waals surface area contributed by atoms with Gasteiger partial charge in [0.25, 0.3) is 0 Å². The van der Waals surface area contributed by atoms with Crippen LogP contribution in [0.1, 0.15) is 18.7 Å². The summed E-state index contributed by atoms with van der Waals surface area (Å²) < 4.78 is 11.1. The van der Waals surface area contributed by atoms with Crippen LogP contribution >= 0.6 is 15.9 Å². The fraction of sp³-hybridized carbons (Fsp3) is 0.667. The summed E-state index contributed by atoms with van der Waals surface area (Å²) in [6.45, 7) is 4.86. The zero-order valence-corrected chi connectivity index (χ0v) is 12.5. The van der Waals surface area contributed by atoms with Crippen molar-refractivity contribution in [1.29, 1.82) is 0 Å². The largest absolute Gasteiger partial charge is 0.382 e. The van der Waals surface area contributed by atoms with E-state index in [4.69, 9.17) is 9.47 Å². The molecule has 18 heavy (non-hydrogen) atoms. The maximum absolute atomic E-state index is 5.38. The maximum Gasteiger partial charge on any atom is 0.130 e. The molecule has 1 aromatic rings. The molecule has 0 aromatic carbocycles. The molecule has 0 bridgehead atoms. The van der Waals surface area contributed by atoms with E-state index in [0.717, 1.165) is 42.2 Å². The highest BCUT2D eigenvalue weighted by Crippen LogP contribution is 2.11. The predicted molar refractivity (Wildman–Crippen MR) is 74.9 cm³/mol. The lowest BCUT2D eigenvalue weighted by Gasteiger charge is -2.07. The lowest BCUT2D eigenvalue weighted by Crippen LogP contribution is -2.07. The van der Waals surface area contributed by atoms with E-state index in [9.17, 15) is 0 Å². The fourth-order valence-electron chi connectivity index (χ4n) is 1.41. The van der Waals surface area contributed by atoms with Crippen molar-refractivity contribution < 1.29 is 9.47 Å². The lowest BCUT2D eigenvalue weighted by molar-refractivity contribution is 0.0691. The Bertz CT molecular complexity index is 330. The summed E-state index contributed by atoms with van der Waals surface area (Å²) >= 11 is 3.35. The van der Waals surface area contributed by atoms with Crippen LogP contribution in [0, 0.1) is 6.92 Å². The molecule has 102 valence electrons. The first-order valence-electron chi connectivity index (χ1n) is 6.04. The summed E-state index contributed by atoms with van der Waals surface area (Å²) in [5.74, 6) is 1.62. The van der Waals surface area contributed by atoms with Crippen molar-refractivity contribution in [2.75, 3.05) is 38.8 Å². The molecular weight excluding hydrogens is 298 g/mol. The van der Waals surface area contributed by atoms with Crippen LogP contribution in [0.15, 0.2) is 10.7 Å². The van der Waals surface area contributed by atoms with Crippen molar-refractivity contribution in [2.24, 2.45) is 0 Å². The summed E-state index contributed by atoms with van der Waals surface area (Å²) in [4.78, 5) is 8.45. The molecule has 0 aliphatic heterocycles. The van der Waals surface area contributed by atoms with Crippen LogP contribution in [-0.4, -0.2) is 43.4 Å².